The van der Waals surface area contributed by atoms with Gasteiger partial charge in [-0.1, -0.05) is 13.8 Å². The van der Waals surface area contributed by atoms with Gasteiger partial charge in [0.15, 0.2) is 0 Å². The molecule has 0 aliphatic rings. The first kappa shape index (κ1) is 13.9. The van der Waals surface area contributed by atoms with Crippen molar-refractivity contribution in [2.24, 2.45) is 5.92 Å². The largest absolute Gasteiger partial charge is 0.354 e. The predicted molar refractivity (Wildman–Crippen MR) is 60.1 cm³/mol. The smallest absolute Gasteiger partial charge is 0.222 e. The minimum Gasteiger partial charge on any atom is -0.354 e. The second-order valence-corrected chi connectivity index (χ2v) is 4.41. The third kappa shape index (κ3) is 7.95. The average Bonchev–Trinajstić information content (AvgIpc) is 2.10. The number of hydrogen-bond donors (Lipinski definition) is 2. The molecule has 0 fully saturated rings. The molecular formula is C11H21N3O. The molecule has 0 heterocycles. The summed E-state index contributed by atoms with van der Waals surface area (Å²) >= 11 is 0. The molecule has 1 unspecified atom stereocenters. The van der Waals surface area contributed by atoms with Crippen LogP contribution in [0.4, 0.5) is 0 Å². The summed E-state index contributed by atoms with van der Waals surface area (Å²) in [6, 6.07) is 1.83. The molecule has 0 radical (unpaired) electrons. The molecule has 0 aromatic carbocycles. The lowest BCUT2D eigenvalue weighted by molar-refractivity contribution is -0.121. The summed E-state index contributed by atoms with van der Waals surface area (Å²) in [6.45, 7) is 8.69. The van der Waals surface area contributed by atoms with Gasteiger partial charge >= 0.3 is 0 Å². The maximum Gasteiger partial charge on any atom is 0.222 e. The van der Waals surface area contributed by atoms with Gasteiger partial charge in [-0.05, 0) is 26.3 Å². The van der Waals surface area contributed by atoms with E-state index >= 15 is 0 Å². The van der Waals surface area contributed by atoms with Gasteiger partial charge in [-0.3, -0.25) is 4.79 Å². The lowest BCUT2D eigenvalue weighted by Gasteiger charge is -2.14. The molecule has 0 aromatic rings. The van der Waals surface area contributed by atoms with E-state index in [1.54, 1.807) is 0 Å². The number of carbonyl (C=O) groups excluding carboxylic acids is 1. The van der Waals surface area contributed by atoms with Gasteiger partial charge < -0.3 is 10.6 Å². The van der Waals surface area contributed by atoms with Crippen LogP contribution in [0.1, 0.15) is 34.1 Å². The Morgan fingerprint density at radius 3 is 2.33 bits per heavy atom. The van der Waals surface area contributed by atoms with E-state index in [-0.39, 0.29) is 24.4 Å². The Balaban J connectivity index is 3.89. The molecule has 0 rings (SSSR count). The summed E-state index contributed by atoms with van der Waals surface area (Å²) in [5.74, 6) is 0.404. The van der Waals surface area contributed by atoms with Crippen molar-refractivity contribution in [2.75, 3.05) is 6.54 Å². The third-order valence-corrected chi connectivity index (χ3v) is 1.77. The fraction of sp³-hybridized carbons (Fsp3) is 0.818. The van der Waals surface area contributed by atoms with Crippen molar-refractivity contribution >= 4 is 5.91 Å². The number of nitriles is 1. The van der Waals surface area contributed by atoms with Crippen molar-refractivity contribution in [3.63, 3.8) is 0 Å². The highest BCUT2D eigenvalue weighted by molar-refractivity contribution is 5.77. The zero-order valence-electron chi connectivity index (χ0n) is 10.0. The second kappa shape index (κ2) is 7.24. The summed E-state index contributed by atoms with van der Waals surface area (Å²) in [4.78, 5) is 11.4. The van der Waals surface area contributed by atoms with Gasteiger partial charge in [0.25, 0.3) is 0 Å². The number of hydrogen-bond acceptors (Lipinski definition) is 3. The monoisotopic (exact) mass is 211 g/mol. The maximum atomic E-state index is 11.4. The molecule has 0 aliphatic heterocycles. The van der Waals surface area contributed by atoms with Gasteiger partial charge in [-0.15, -0.1) is 0 Å². The highest BCUT2D eigenvalue weighted by Gasteiger charge is 2.13. The minimum absolute atomic E-state index is 0.0761. The first-order valence-corrected chi connectivity index (χ1v) is 5.38. The number of carbonyl (C=O) groups is 1. The predicted octanol–water partition coefficient (Wildman–Crippen LogP) is 1.04. The van der Waals surface area contributed by atoms with Crippen LogP contribution in [0.25, 0.3) is 0 Å². The molecule has 4 nitrogen and oxygen atoms in total. The van der Waals surface area contributed by atoms with Crippen molar-refractivity contribution in [1.82, 2.24) is 10.6 Å². The molecule has 0 aliphatic carbocycles. The van der Waals surface area contributed by atoms with Crippen LogP contribution in [-0.2, 0) is 4.79 Å². The lowest BCUT2D eigenvalue weighted by atomic mass is 10.1. The number of amides is 1. The van der Waals surface area contributed by atoms with Gasteiger partial charge in [0.1, 0.15) is 6.04 Å². The first-order chi connectivity index (χ1) is 6.95. The number of nitrogens with zero attached hydrogens (tertiary/aromatic N) is 1. The third-order valence-electron chi connectivity index (χ3n) is 1.77. The molecule has 15 heavy (non-hydrogen) atoms. The van der Waals surface area contributed by atoms with Gasteiger partial charge in [0, 0.05) is 6.04 Å². The number of nitrogens with one attached hydrogen (secondary N) is 2. The van der Waals surface area contributed by atoms with Crippen molar-refractivity contribution in [3.05, 3.63) is 0 Å². The van der Waals surface area contributed by atoms with Gasteiger partial charge in [0.2, 0.25) is 5.91 Å². The normalized spacial score (nSPS) is 12.6. The van der Waals surface area contributed by atoms with Crippen LogP contribution in [0.3, 0.4) is 0 Å². The van der Waals surface area contributed by atoms with Crippen molar-refractivity contribution in [1.29, 1.82) is 5.26 Å². The van der Waals surface area contributed by atoms with Gasteiger partial charge in [-0.25, -0.2) is 0 Å². The minimum atomic E-state index is -0.383. The van der Waals surface area contributed by atoms with Crippen molar-refractivity contribution in [2.45, 2.75) is 46.2 Å². The topological polar surface area (TPSA) is 64.9 Å². The molecule has 1 atom stereocenters. The zero-order chi connectivity index (χ0) is 11.8. The maximum absolute atomic E-state index is 11.4. The summed E-state index contributed by atoms with van der Waals surface area (Å²) in [5, 5.41) is 14.6. The van der Waals surface area contributed by atoms with Crippen LogP contribution in [-0.4, -0.2) is 24.5 Å². The Kier molecular flexibility index (Phi) is 6.72. The Hall–Kier alpha value is -1.08. The van der Waals surface area contributed by atoms with Crippen LogP contribution in [0.5, 0.6) is 0 Å². The SMILES string of the molecule is CC(C)CNC(C#N)CC(=O)NC(C)C. The molecule has 1 amide bonds. The van der Waals surface area contributed by atoms with Crippen LogP contribution in [0.2, 0.25) is 0 Å². The van der Waals surface area contributed by atoms with E-state index in [1.165, 1.54) is 0 Å². The molecule has 86 valence electrons. The lowest BCUT2D eigenvalue weighted by Crippen LogP contribution is -2.38. The standard InChI is InChI=1S/C11H21N3O/c1-8(2)7-13-10(6-12)5-11(15)14-9(3)4/h8-10,13H,5,7H2,1-4H3,(H,14,15). The summed E-state index contributed by atoms with van der Waals surface area (Å²) in [6.07, 6.45) is 0.224. The van der Waals surface area contributed by atoms with Gasteiger partial charge in [-0.2, -0.15) is 5.26 Å². The molecular weight excluding hydrogens is 190 g/mol. The van der Waals surface area contributed by atoms with Crippen molar-refractivity contribution < 1.29 is 4.79 Å². The van der Waals surface area contributed by atoms with E-state index in [4.69, 9.17) is 5.26 Å². The summed E-state index contributed by atoms with van der Waals surface area (Å²) in [7, 11) is 0. The zero-order valence-corrected chi connectivity index (χ0v) is 10.0. The Morgan fingerprint density at radius 2 is 1.93 bits per heavy atom. The quantitative estimate of drug-likeness (QED) is 0.690. The van der Waals surface area contributed by atoms with Crippen molar-refractivity contribution in [3.8, 4) is 6.07 Å². The Morgan fingerprint density at radius 1 is 1.33 bits per heavy atom. The van der Waals surface area contributed by atoms with E-state index < -0.39 is 0 Å². The van der Waals surface area contributed by atoms with E-state index in [0.717, 1.165) is 6.54 Å². The van der Waals surface area contributed by atoms with E-state index in [2.05, 4.69) is 30.6 Å². The van der Waals surface area contributed by atoms with Crippen LogP contribution in [0, 0.1) is 17.2 Å². The molecule has 0 bridgehead atoms. The molecule has 4 heteroatoms. The van der Waals surface area contributed by atoms with E-state index in [1.807, 2.05) is 13.8 Å². The van der Waals surface area contributed by atoms with E-state index in [0.29, 0.717) is 5.92 Å². The van der Waals surface area contributed by atoms with Crippen LogP contribution in [0.15, 0.2) is 0 Å². The molecule has 0 saturated carbocycles. The first-order valence-electron chi connectivity index (χ1n) is 5.38. The molecule has 0 aromatic heterocycles. The van der Waals surface area contributed by atoms with Crippen LogP contribution >= 0.6 is 0 Å². The number of rotatable bonds is 6. The molecule has 2 N–H and O–H groups in total. The fourth-order valence-corrected chi connectivity index (χ4v) is 1.11. The van der Waals surface area contributed by atoms with E-state index in [9.17, 15) is 4.79 Å². The second-order valence-electron chi connectivity index (χ2n) is 4.41. The Bertz CT molecular complexity index is 230. The molecule has 0 saturated heterocycles. The molecule has 0 spiro atoms. The van der Waals surface area contributed by atoms with Gasteiger partial charge in [0.05, 0.1) is 12.5 Å². The van der Waals surface area contributed by atoms with Crippen LogP contribution < -0.4 is 10.6 Å². The fourth-order valence-electron chi connectivity index (χ4n) is 1.11. The average molecular weight is 211 g/mol. The highest BCUT2D eigenvalue weighted by atomic mass is 16.1. The summed E-state index contributed by atoms with van der Waals surface area (Å²) < 4.78 is 0. The Labute approximate surface area is 92.0 Å². The highest BCUT2D eigenvalue weighted by Crippen LogP contribution is 1.95. The summed E-state index contributed by atoms with van der Waals surface area (Å²) in [5.41, 5.74) is 0.